The molecule has 0 radical (unpaired) electrons. The summed E-state index contributed by atoms with van der Waals surface area (Å²) in [6.45, 7) is 1.02. The van der Waals surface area contributed by atoms with Gasteiger partial charge in [-0.1, -0.05) is 0 Å². The lowest BCUT2D eigenvalue weighted by atomic mass is 10.0. The van der Waals surface area contributed by atoms with Crippen LogP contribution in [0.5, 0.6) is 5.75 Å². The van der Waals surface area contributed by atoms with E-state index in [-0.39, 0.29) is 11.4 Å². The lowest BCUT2D eigenvalue weighted by Gasteiger charge is -2.13. The zero-order valence-electron chi connectivity index (χ0n) is 12.5. The molecule has 3 aromatic rings. The first-order chi connectivity index (χ1) is 11.2. The van der Waals surface area contributed by atoms with Crippen LogP contribution in [-0.4, -0.2) is 37.6 Å². The summed E-state index contributed by atoms with van der Waals surface area (Å²) in [6.07, 6.45) is 3.03. The number of aromatic amines is 2. The van der Waals surface area contributed by atoms with E-state index in [2.05, 4.69) is 25.3 Å². The first kappa shape index (κ1) is 14.0. The minimum atomic E-state index is -0.312. The summed E-state index contributed by atoms with van der Waals surface area (Å²) in [7, 11) is 0. The fourth-order valence-electron chi connectivity index (χ4n) is 3.05. The summed E-state index contributed by atoms with van der Waals surface area (Å²) in [4.78, 5) is 26.0. The van der Waals surface area contributed by atoms with E-state index in [1.165, 1.54) is 0 Å². The van der Waals surface area contributed by atoms with Gasteiger partial charge in [0.1, 0.15) is 5.75 Å². The van der Waals surface area contributed by atoms with Crippen molar-refractivity contribution in [2.45, 2.75) is 25.3 Å². The van der Waals surface area contributed by atoms with E-state index in [9.17, 15) is 9.90 Å². The quantitative estimate of drug-likeness (QED) is 0.583. The van der Waals surface area contributed by atoms with E-state index >= 15 is 0 Å². The van der Waals surface area contributed by atoms with Gasteiger partial charge in [-0.25, -0.2) is 14.8 Å². The van der Waals surface area contributed by atoms with Crippen molar-refractivity contribution >= 4 is 11.3 Å². The van der Waals surface area contributed by atoms with Gasteiger partial charge in [0.2, 0.25) is 0 Å². The van der Waals surface area contributed by atoms with Crippen molar-refractivity contribution in [2.24, 2.45) is 0 Å². The van der Waals surface area contributed by atoms with Crippen LogP contribution in [-0.2, 0) is 6.42 Å². The molecule has 7 heteroatoms. The molecule has 7 nitrogen and oxygen atoms in total. The number of phenols is 1. The van der Waals surface area contributed by atoms with Crippen LogP contribution in [0.15, 0.2) is 29.1 Å². The van der Waals surface area contributed by atoms with Crippen LogP contribution < -0.4 is 11.0 Å². The molecule has 3 heterocycles. The van der Waals surface area contributed by atoms with Gasteiger partial charge >= 0.3 is 5.69 Å². The van der Waals surface area contributed by atoms with Gasteiger partial charge in [0.15, 0.2) is 11.3 Å². The third kappa shape index (κ3) is 2.70. The van der Waals surface area contributed by atoms with Crippen molar-refractivity contribution in [1.29, 1.82) is 0 Å². The molecule has 118 valence electrons. The molecule has 1 aromatic carbocycles. The van der Waals surface area contributed by atoms with Gasteiger partial charge in [-0.05, 0) is 43.7 Å². The van der Waals surface area contributed by atoms with Crippen LogP contribution in [0.3, 0.4) is 0 Å². The monoisotopic (exact) mass is 311 g/mol. The predicted octanol–water partition coefficient (Wildman–Crippen LogP) is 1.31. The normalized spacial score (nSPS) is 17.8. The summed E-state index contributed by atoms with van der Waals surface area (Å²) >= 11 is 0. The molecule has 23 heavy (non-hydrogen) atoms. The maximum absolute atomic E-state index is 11.5. The number of imidazole rings is 1. The molecule has 0 saturated carbocycles. The Kier molecular flexibility index (Phi) is 3.34. The van der Waals surface area contributed by atoms with E-state index in [1.54, 1.807) is 12.1 Å². The second-order valence-electron chi connectivity index (χ2n) is 5.84. The highest BCUT2D eigenvalue weighted by Crippen LogP contribution is 2.25. The largest absolute Gasteiger partial charge is 0.508 e. The van der Waals surface area contributed by atoms with Crippen molar-refractivity contribution in [3.63, 3.8) is 0 Å². The number of benzene rings is 1. The minimum absolute atomic E-state index is 0.205. The summed E-state index contributed by atoms with van der Waals surface area (Å²) in [6, 6.07) is 7.24. The molecule has 0 bridgehead atoms. The molecule has 1 atom stereocenters. The number of nitrogens with one attached hydrogen (secondary N) is 3. The molecule has 1 aliphatic heterocycles. The van der Waals surface area contributed by atoms with Gasteiger partial charge in [0.05, 0.1) is 11.4 Å². The highest BCUT2D eigenvalue weighted by Gasteiger charge is 2.20. The van der Waals surface area contributed by atoms with Crippen LogP contribution in [0, 0.1) is 0 Å². The molecule has 1 unspecified atom stereocenters. The van der Waals surface area contributed by atoms with Gasteiger partial charge in [-0.2, -0.15) is 0 Å². The third-order valence-electron chi connectivity index (χ3n) is 4.17. The molecule has 4 N–H and O–H groups in total. The number of rotatable bonds is 3. The SMILES string of the molecule is O=c1[nH]c2nc(CC3CCCN3)c(-c3ccc(O)cc3)nc2[nH]1. The first-order valence-corrected chi connectivity index (χ1v) is 7.71. The van der Waals surface area contributed by atoms with E-state index in [0.29, 0.717) is 17.3 Å². The topological polar surface area (TPSA) is 107 Å². The van der Waals surface area contributed by atoms with Crippen molar-refractivity contribution in [1.82, 2.24) is 25.3 Å². The van der Waals surface area contributed by atoms with Gasteiger partial charge in [0.25, 0.3) is 0 Å². The molecular formula is C16H17N5O2. The van der Waals surface area contributed by atoms with E-state index < -0.39 is 0 Å². The lowest BCUT2D eigenvalue weighted by molar-refractivity contribution is 0.475. The van der Waals surface area contributed by atoms with Gasteiger partial charge in [-0.3, -0.25) is 9.97 Å². The Morgan fingerprint density at radius 2 is 1.87 bits per heavy atom. The second-order valence-corrected chi connectivity index (χ2v) is 5.84. The van der Waals surface area contributed by atoms with Gasteiger partial charge < -0.3 is 10.4 Å². The Morgan fingerprint density at radius 1 is 1.13 bits per heavy atom. The zero-order valence-corrected chi connectivity index (χ0v) is 12.5. The third-order valence-corrected chi connectivity index (χ3v) is 4.17. The van der Waals surface area contributed by atoms with E-state index in [0.717, 1.165) is 42.8 Å². The Hall–Kier alpha value is -2.67. The lowest BCUT2D eigenvalue weighted by Crippen LogP contribution is -2.24. The molecule has 1 saturated heterocycles. The predicted molar refractivity (Wildman–Crippen MR) is 86.3 cm³/mol. The standard InChI is InChI=1S/C16H17N5O2/c22-11-5-3-9(4-6-11)13-12(8-10-2-1-7-17-10)18-14-15(19-13)21-16(23)20-14/h3-6,10,17,22H,1-2,7-8H2,(H2,18,19,20,21,23). The zero-order chi connectivity index (χ0) is 15.8. The second kappa shape index (κ2) is 5.51. The van der Waals surface area contributed by atoms with Gasteiger partial charge in [-0.15, -0.1) is 0 Å². The highest BCUT2D eigenvalue weighted by molar-refractivity contribution is 5.72. The van der Waals surface area contributed by atoms with Crippen LogP contribution in [0.25, 0.3) is 22.6 Å². The van der Waals surface area contributed by atoms with E-state index in [4.69, 9.17) is 0 Å². The average Bonchev–Trinajstić information content (AvgIpc) is 3.16. The smallest absolute Gasteiger partial charge is 0.326 e. The Morgan fingerprint density at radius 3 is 2.57 bits per heavy atom. The van der Waals surface area contributed by atoms with Crippen molar-refractivity contribution < 1.29 is 5.11 Å². The molecule has 0 spiro atoms. The number of H-pyrrole nitrogens is 2. The summed E-state index contributed by atoms with van der Waals surface area (Å²) < 4.78 is 0. The highest BCUT2D eigenvalue weighted by atomic mass is 16.3. The fraction of sp³-hybridized carbons (Fsp3) is 0.312. The van der Waals surface area contributed by atoms with Crippen molar-refractivity contribution in [3.05, 3.63) is 40.4 Å². The summed E-state index contributed by atoms with van der Waals surface area (Å²) in [5.41, 5.74) is 3.06. The molecule has 0 amide bonds. The Labute approximate surface area is 131 Å². The fourth-order valence-corrected chi connectivity index (χ4v) is 3.05. The van der Waals surface area contributed by atoms with Crippen molar-refractivity contribution in [2.75, 3.05) is 6.54 Å². The molecule has 0 aliphatic carbocycles. The summed E-state index contributed by atoms with van der Waals surface area (Å²) in [5, 5.41) is 12.9. The number of aromatic hydroxyl groups is 1. The van der Waals surface area contributed by atoms with Crippen LogP contribution in [0.1, 0.15) is 18.5 Å². The molecule has 1 aliphatic rings. The van der Waals surface area contributed by atoms with Crippen LogP contribution in [0.2, 0.25) is 0 Å². The van der Waals surface area contributed by atoms with Crippen LogP contribution in [0.4, 0.5) is 0 Å². The number of fused-ring (bicyclic) bond motifs is 1. The number of hydrogen-bond donors (Lipinski definition) is 4. The molecule has 2 aromatic heterocycles. The van der Waals surface area contributed by atoms with Crippen molar-refractivity contribution in [3.8, 4) is 17.0 Å². The maximum Gasteiger partial charge on any atom is 0.326 e. The van der Waals surface area contributed by atoms with Crippen LogP contribution >= 0.6 is 0 Å². The average molecular weight is 311 g/mol. The molecule has 1 fully saturated rings. The number of aromatic nitrogens is 4. The molecule has 4 rings (SSSR count). The first-order valence-electron chi connectivity index (χ1n) is 7.71. The minimum Gasteiger partial charge on any atom is -0.508 e. The van der Waals surface area contributed by atoms with E-state index in [1.807, 2.05) is 12.1 Å². The van der Waals surface area contributed by atoms with Gasteiger partial charge in [0, 0.05) is 18.0 Å². The number of hydrogen-bond acceptors (Lipinski definition) is 5. The summed E-state index contributed by atoms with van der Waals surface area (Å²) in [5.74, 6) is 0.205. The number of nitrogens with zero attached hydrogens (tertiary/aromatic N) is 2. The Balaban J connectivity index is 1.84. The number of phenolic OH excluding ortho intramolecular Hbond substituents is 1. The Bertz CT molecular complexity index is 891. The maximum atomic E-state index is 11.5. The molecular weight excluding hydrogens is 294 g/mol.